The van der Waals surface area contributed by atoms with Crippen LogP contribution in [0.1, 0.15) is 35.4 Å². The van der Waals surface area contributed by atoms with Gasteiger partial charge in [0.05, 0.1) is 12.0 Å². The molecule has 1 rings (SSSR count). The van der Waals surface area contributed by atoms with Gasteiger partial charge in [-0.1, -0.05) is 6.07 Å². The number of nitrogens with zero attached hydrogens (tertiary/aromatic N) is 1. The third-order valence-electron chi connectivity index (χ3n) is 2.89. The second-order valence-electron chi connectivity index (χ2n) is 4.40. The normalized spacial score (nSPS) is 10.1. The molecule has 0 aliphatic heterocycles. The average Bonchev–Trinajstić information content (AvgIpc) is 2.98. The van der Waals surface area contributed by atoms with Gasteiger partial charge in [0.2, 0.25) is 5.91 Å². The van der Waals surface area contributed by atoms with Crippen LogP contribution in [0.3, 0.4) is 0 Å². The van der Waals surface area contributed by atoms with Gasteiger partial charge >= 0.3 is 5.97 Å². The summed E-state index contributed by atoms with van der Waals surface area (Å²) in [7, 11) is 3.02. The lowest BCUT2D eigenvalue weighted by Gasteiger charge is -2.16. The fourth-order valence-electron chi connectivity index (χ4n) is 1.66. The Balaban J connectivity index is 2.24. The van der Waals surface area contributed by atoms with E-state index < -0.39 is 0 Å². The minimum atomic E-state index is -0.279. The smallest absolute Gasteiger partial charge is 0.305 e. The molecule has 20 heavy (non-hydrogen) atoms. The van der Waals surface area contributed by atoms with Crippen LogP contribution in [0.15, 0.2) is 17.5 Å². The third kappa shape index (κ3) is 5.52. The molecule has 0 unspecified atom stereocenters. The summed E-state index contributed by atoms with van der Waals surface area (Å²) >= 11 is 1.38. The molecule has 1 heterocycles. The summed E-state index contributed by atoms with van der Waals surface area (Å²) in [5.41, 5.74) is 0. The highest BCUT2D eigenvalue weighted by Gasteiger charge is 2.13. The average molecular weight is 297 g/mol. The van der Waals surface area contributed by atoms with Crippen molar-refractivity contribution in [2.24, 2.45) is 0 Å². The van der Waals surface area contributed by atoms with Crippen molar-refractivity contribution < 1.29 is 19.1 Å². The second-order valence-corrected chi connectivity index (χ2v) is 5.34. The number of amides is 1. The molecule has 0 saturated carbocycles. The van der Waals surface area contributed by atoms with Gasteiger partial charge in [-0.3, -0.25) is 14.4 Å². The Morgan fingerprint density at radius 3 is 2.60 bits per heavy atom. The maximum absolute atomic E-state index is 11.8. The summed E-state index contributed by atoms with van der Waals surface area (Å²) in [6.45, 7) is 0.487. The topological polar surface area (TPSA) is 63.7 Å². The van der Waals surface area contributed by atoms with Gasteiger partial charge in [0.1, 0.15) is 0 Å². The Hall–Kier alpha value is -1.69. The van der Waals surface area contributed by atoms with Gasteiger partial charge in [-0.2, -0.15) is 0 Å². The molecule has 0 saturated heterocycles. The lowest BCUT2D eigenvalue weighted by molar-refractivity contribution is -0.141. The highest BCUT2D eigenvalue weighted by molar-refractivity contribution is 7.12. The Morgan fingerprint density at radius 1 is 1.25 bits per heavy atom. The molecule has 0 N–H and O–H groups in total. The summed E-state index contributed by atoms with van der Waals surface area (Å²) in [6.07, 6.45) is 1.28. The van der Waals surface area contributed by atoms with E-state index in [9.17, 15) is 14.4 Å². The fraction of sp³-hybridized carbons (Fsp3) is 0.500. The molecule has 1 aromatic rings. The molecule has 6 heteroatoms. The molecular formula is C14H19NO4S. The van der Waals surface area contributed by atoms with Crippen molar-refractivity contribution >= 4 is 29.0 Å². The van der Waals surface area contributed by atoms with Crippen molar-refractivity contribution in [2.75, 3.05) is 20.7 Å². The SMILES string of the molecule is COC(=O)CCCN(C)C(=O)CCC(=O)c1cccs1. The Kier molecular flexibility index (Phi) is 6.93. The summed E-state index contributed by atoms with van der Waals surface area (Å²) in [4.78, 5) is 36.7. The van der Waals surface area contributed by atoms with Crippen molar-refractivity contribution in [1.82, 2.24) is 4.90 Å². The number of carbonyl (C=O) groups excluding carboxylic acids is 3. The van der Waals surface area contributed by atoms with Crippen LogP contribution >= 0.6 is 11.3 Å². The van der Waals surface area contributed by atoms with E-state index in [4.69, 9.17) is 0 Å². The summed E-state index contributed by atoms with van der Waals surface area (Å²) < 4.78 is 4.53. The summed E-state index contributed by atoms with van der Waals surface area (Å²) in [5.74, 6) is -0.366. The molecule has 110 valence electrons. The number of rotatable bonds is 8. The summed E-state index contributed by atoms with van der Waals surface area (Å²) in [5, 5.41) is 1.84. The number of Topliss-reactive ketones (excluding diaryl/α,β-unsaturated/α-hetero) is 1. The lowest BCUT2D eigenvalue weighted by Crippen LogP contribution is -2.28. The molecule has 0 atom stereocenters. The van der Waals surface area contributed by atoms with Crippen molar-refractivity contribution in [3.05, 3.63) is 22.4 Å². The number of hydrogen-bond donors (Lipinski definition) is 0. The minimum Gasteiger partial charge on any atom is -0.469 e. The molecule has 0 aliphatic carbocycles. The minimum absolute atomic E-state index is 0.00342. The molecule has 0 radical (unpaired) electrons. The first-order valence-electron chi connectivity index (χ1n) is 6.42. The zero-order chi connectivity index (χ0) is 15.0. The molecular weight excluding hydrogens is 278 g/mol. The van der Waals surface area contributed by atoms with Gasteiger partial charge in [0.15, 0.2) is 5.78 Å². The number of hydrogen-bond acceptors (Lipinski definition) is 5. The van der Waals surface area contributed by atoms with Crippen LogP contribution in [0.2, 0.25) is 0 Å². The molecule has 0 bridgehead atoms. The monoisotopic (exact) mass is 297 g/mol. The Morgan fingerprint density at radius 2 is 2.00 bits per heavy atom. The van der Waals surface area contributed by atoms with E-state index in [0.29, 0.717) is 24.3 Å². The molecule has 0 spiro atoms. The first kappa shape index (κ1) is 16.4. The third-order valence-corrected chi connectivity index (χ3v) is 3.80. The van der Waals surface area contributed by atoms with E-state index >= 15 is 0 Å². The van der Waals surface area contributed by atoms with Crippen molar-refractivity contribution in [3.63, 3.8) is 0 Å². The van der Waals surface area contributed by atoms with Crippen LogP contribution < -0.4 is 0 Å². The van der Waals surface area contributed by atoms with Crippen molar-refractivity contribution in [3.8, 4) is 0 Å². The standard InChI is InChI=1S/C14H19NO4S/c1-15(9-3-6-14(18)19-2)13(17)8-7-11(16)12-5-4-10-20-12/h4-5,10H,3,6-9H2,1-2H3. The first-order chi connectivity index (χ1) is 9.54. The number of ether oxygens (including phenoxy) is 1. The van der Waals surface area contributed by atoms with Gasteiger partial charge in [-0.25, -0.2) is 0 Å². The van der Waals surface area contributed by atoms with E-state index in [-0.39, 0.29) is 30.5 Å². The van der Waals surface area contributed by atoms with Crippen LogP contribution in [-0.2, 0) is 14.3 Å². The number of ketones is 1. The van der Waals surface area contributed by atoms with Gasteiger partial charge in [-0.15, -0.1) is 11.3 Å². The van der Waals surface area contributed by atoms with E-state index in [1.165, 1.54) is 18.4 Å². The van der Waals surface area contributed by atoms with Crippen molar-refractivity contribution in [1.29, 1.82) is 0 Å². The van der Waals surface area contributed by atoms with Crippen molar-refractivity contribution in [2.45, 2.75) is 25.7 Å². The maximum Gasteiger partial charge on any atom is 0.305 e. The fourth-order valence-corrected chi connectivity index (χ4v) is 2.35. The predicted molar refractivity (Wildman–Crippen MR) is 76.8 cm³/mol. The summed E-state index contributed by atoms with van der Waals surface area (Å²) in [6, 6.07) is 3.58. The second kappa shape index (κ2) is 8.47. The van der Waals surface area contributed by atoms with E-state index in [0.717, 1.165) is 0 Å². The largest absolute Gasteiger partial charge is 0.469 e. The van der Waals surface area contributed by atoms with E-state index in [1.54, 1.807) is 18.0 Å². The predicted octanol–water partition coefficient (Wildman–Crippen LogP) is 2.12. The Labute approximate surface area is 122 Å². The molecule has 1 aromatic heterocycles. The zero-order valence-corrected chi connectivity index (χ0v) is 12.6. The molecule has 0 aliphatic rings. The zero-order valence-electron chi connectivity index (χ0n) is 11.8. The maximum atomic E-state index is 11.8. The highest BCUT2D eigenvalue weighted by atomic mass is 32.1. The highest BCUT2D eigenvalue weighted by Crippen LogP contribution is 2.12. The van der Waals surface area contributed by atoms with E-state index in [1.807, 2.05) is 11.4 Å². The number of methoxy groups -OCH3 is 1. The van der Waals surface area contributed by atoms with Gasteiger partial charge in [-0.05, 0) is 17.9 Å². The number of esters is 1. The Bertz CT molecular complexity index is 456. The quantitative estimate of drug-likeness (QED) is 0.544. The van der Waals surface area contributed by atoms with E-state index in [2.05, 4.69) is 4.74 Å². The molecule has 0 aromatic carbocycles. The van der Waals surface area contributed by atoms with Gasteiger partial charge in [0, 0.05) is 32.9 Å². The van der Waals surface area contributed by atoms with Crippen LogP contribution in [-0.4, -0.2) is 43.3 Å². The van der Waals surface area contributed by atoms with Gasteiger partial charge in [0.25, 0.3) is 0 Å². The van der Waals surface area contributed by atoms with Gasteiger partial charge < -0.3 is 9.64 Å². The number of thiophene rings is 1. The van der Waals surface area contributed by atoms with Crippen LogP contribution in [0.5, 0.6) is 0 Å². The van der Waals surface area contributed by atoms with Crippen LogP contribution in [0.4, 0.5) is 0 Å². The molecule has 1 amide bonds. The van der Waals surface area contributed by atoms with Crippen LogP contribution in [0.25, 0.3) is 0 Å². The molecule has 5 nitrogen and oxygen atoms in total. The lowest BCUT2D eigenvalue weighted by atomic mass is 10.2. The van der Waals surface area contributed by atoms with Crippen LogP contribution in [0, 0.1) is 0 Å². The first-order valence-corrected chi connectivity index (χ1v) is 7.30. The molecule has 0 fully saturated rings. The number of carbonyl (C=O) groups is 3.